The quantitative estimate of drug-likeness (QED) is 0.910. The Bertz CT molecular complexity index is 758. The number of carbonyl (C=O) groups excluding carboxylic acids is 1. The van der Waals surface area contributed by atoms with Crippen LogP contribution in [-0.2, 0) is 0 Å². The third-order valence-corrected chi connectivity index (χ3v) is 5.42. The van der Waals surface area contributed by atoms with Crippen molar-refractivity contribution in [1.82, 2.24) is 10.2 Å². The molecule has 1 atom stereocenters. The van der Waals surface area contributed by atoms with E-state index in [0.717, 1.165) is 46.5 Å². The Kier molecular flexibility index (Phi) is 4.16. The summed E-state index contributed by atoms with van der Waals surface area (Å²) in [4.78, 5) is 16.5. The molecule has 24 heavy (non-hydrogen) atoms. The molecule has 0 spiro atoms. The van der Waals surface area contributed by atoms with Crippen LogP contribution in [0.3, 0.4) is 0 Å². The van der Waals surface area contributed by atoms with Crippen LogP contribution in [0.5, 0.6) is 11.5 Å². The van der Waals surface area contributed by atoms with Crippen LogP contribution in [0.4, 0.5) is 0 Å². The maximum Gasteiger partial charge on any atom is 0.264 e. The van der Waals surface area contributed by atoms with Gasteiger partial charge in [0.05, 0.1) is 4.88 Å². The van der Waals surface area contributed by atoms with Crippen LogP contribution in [0.2, 0.25) is 0 Å². The van der Waals surface area contributed by atoms with Gasteiger partial charge in [-0.1, -0.05) is 0 Å². The molecule has 0 aliphatic carbocycles. The number of piperazine rings is 1. The van der Waals surface area contributed by atoms with E-state index < -0.39 is 0 Å². The summed E-state index contributed by atoms with van der Waals surface area (Å²) in [6.45, 7) is 5.65. The first-order valence-corrected chi connectivity index (χ1v) is 9.05. The molecule has 3 heterocycles. The predicted octanol–water partition coefficient (Wildman–Crippen LogP) is 2.62. The molecular formula is C18H20N2O3S. The largest absolute Gasteiger partial charge is 0.486 e. The molecule has 1 saturated heterocycles. The van der Waals surface area contributed by atoms with Gasteiger partial charge < -0.3 is 19.7 Å². The molecular weight excluding hydrogens is 324 g/mol. The topological polar surface area (TPSA) is 50.8 Å². The van der Waals surface area contributed by atoms with Gasteiger partial charge in [0.1, 0.15) is 13.2 Å². The molecule has 4 rings (SSSR count). The summed E-state index contributed by atoms with van der Waals surface area (Å²) in [5.74, 6) is 1.68. The third kappa shape index (κ3) is 2.99. The first kappa shape index (κ1) is 15.5. The highest BCUT2D eigenvalue weighted by Gasteiger charge is 2.23. The number of ether oxygens (including phenoxy) is 2. The van der Waals surface area contributed by atoms with Gasteiger partial charge in [0.15, 0.2) is 11.5 Å². The van der Waals surface area contributed by atoms with Crippen molar-refractivity contribution >= 4 is 17.2 Å². The van der Waals surface area contributed by atoms with Crippen molar-refractivity contribution in [2.24, 2.45) is 0 Å². The smallest absolute Gasteiger partial charge is 0.264 e. The lowest BCUT2D eigenvalue weighted by Gasteiger charge is -2.31. The van der Waals surface area contributed by atoms with Crippen LogP contribution in [0, 0.1) is 0 Å². The number of benzene rings is 1. The number of carbonyl (C=O) groups is 1. The number of amides is 1. The van der Waals surface area contributed by atoms with Crippen molar-refractivity contribution in [3.05, 3.63) is 35.2 Å². The van der Waals surface area contributed by atoms with Gasteiger partial charge in [-0.3, -0.25) is 4.79 Å². The van der Waals surface area contributed by atoms with E-state index in [4.69, 9.17) is 9.47 Å². The minimum atomic E-state index is 0.122. The first-order valence-electron chi connectivity index (χ1n) is 8.23. The van der Waals surface area contributed by atoms with Gasteiger partial charge in [-0.25, -0.2) is 0 Å². The van der Waals surface area contributed by atoms with Crippen LogP contribution in [0.25, 0.3) is 10.4 Å². The van der Waals surface area contributed by atoms with Crippen molar-refractivity contribution in [3.8, 4) is 21.9 Å². The molecule has 1 aromatic carbocycles. The van der Waals surface area contributed by atoms with Crippen LogP contribution < -0.4 is 14.8 Å². The third-order valence-electron chi connectivity index (χ3n) is 4.30. The number of nitrogens with zero attached hydrogens (tertiary/aromatic N) is 1. The molecule has 1 aromatic heterocycles. The molecule has 1 unspecified atom stereocenters. The fourth-order valence-corrected chi connectivity index (χ4v) is 4.05. The van der Waals surface area contributed by atoms with E-state index in [1.807, 2.05) is 35.2 Å². The second-order valence-electron chi connectivity index (χ2n) is 6.13. The summed E-state index contributed by atoms with van der Waals surface area (Å²) in [6, 6.07) is 10.2. The van der Waals surface area contributed by atoms with Crippen LogP contribution in [-0.4, -0.2) is 49.7 Å². The molecule has 6 heteroatoms. The van der Waals surface area contributed by atoms with E-state index in [2.05, 4.69) is 12.2 Å². The van der Waals surface area contributed by atoms with E-state index in [0.29, 0.717) is 19.3 Å². The van der Waals surface area contributed by atoms with E-state index in [1.165, 1.54) is 11.3 Å². The lowest BCUT2D eigenvalue weighted by Crippen LogP contribution is -2.51. The maximum atomic E-state index is 12.7. The van der Waals surface area contributed by atoms with Crippen molar-refractivity contribution in [2.75, 3.05) is 32.8 Å². The van der Waals surface area contributed by atoms with Gasteiger partial charge in [-0.05, 0) is 42.8 Å². The number of fused-ring (bicyclic) bond motifs is 1. The number of hydrogen-bond acceptors (Lipinski definition) is 5. The zero-order chi connectivity index (χ0) is 16.5. The number of rotatable bonds is 2. The summed E-state index contributed by atoms with van der Waals surface area (Å²) in [6.07, 6.45) is 0. The summed E-state index contributed by atoms with van der Waals surface area (Å²) in [7, 11) is 0. The summed E-state index contributed by atoms with van der Waals surface area (Å²) >= 11 is 1.53. The highest BCUT2D eigenvalue weighted by molar-refractivity contribution is 7.17. The lowest BCUT2D eigenvalue weighted by molar-refractivity contribution is 0.0714. The highest BCUT2D eigenvalue weighted by atomic mass is 32.1. The second kappa shape index (κ2) is 6.45. The van der Waals surface area contributed by atoms with Gasteiger partial charge >= 0.3 is 0 Å². The van der Waals surface area contributed by atoms with E-state index in [1.54, 1.807) is 0 Å². The second-order valence-corrected chi connectivity index (χ2v) is 7.21. The maximum absolute atomic E-state index is 12.7. The summed E-state index contributed by atoms with van der Waals surface area (Å²) < 4.78 is 11.2. The van der Waals surface area contributed by atoms with Gasteiger partial charge in [-0.2, -0.15) is 0 Å². The molecule has 0 saturated carbocycles. The van der Waals surface area contributed by atoms with Crippen molar-refractivity contribution in [3.63, 3.8) is 0 Å². The monoisotopic (exact) mass is 344 g/mol. The highest BCUT2D eigenvalue weighted by Crippen LogP contribution is 2.37. The normalized spacial score (nSPS) is 20.0. The van der Waals surface area contributed by atoms with E-state index >= 15 is 0 Å². The fraction of sp³-hybridized carbons (Fsp3) is 0.389. The molecule has 2 aliphatic rings. The van der Waals surface area contributed by atoms with E-state index in [-0.39, 0.29) is 5.91 Å². The Morgan fingerprint density at radius 3 is 2.88 bits per heavy atom. The van der Waals surface area contributed by atoms with Gasteiger partial charge in [-0.15, -0.1) is 11.3 Å². The number of thiophene rings is 1. The van der Waals surface area contributed by atoms with E-state index in [9.17, 15) is 4.79 Å². The van der Waals surface area contributed by atoms with Crippen molar-refractivity contribution < 1.29 is 14.3 Å². The molecule has 2 aromatic rings. The molecule has 0 radical (unpaired) electrons. The lowest BCUT2D eigenvalue weighted by atomic mass is 10.1. The zero-order valence-corrected chi connectivity index (χ0v) is 14.4. The SMILES string of the molecule is CC1CN(C(=O)c2ccc(-c3ccc4c(c3)OCCO4)s2)CCN1. The Morgan fingerprint density at radius 2 is 2.04 bits per heavy atom. The van der Waals surface area contributed by atoms with Gasteiger partial charge in [0.2, 0.25) is 0 Å². The molecule has 1 amide bonds. The molecule has 126 valence electrons. The molecule has 1 N–H and O–H groups in total. The van der Waals surface area contributed by atoms with Crippen molar-refractivity contribution in [1.29, 1.82) is 0 Å². The van der Waals surface area contributed by atoms with Crippen LogP contribution >= 0.6 is 11.3 Å². The Labute approximate surface area is 145 Å². The first-order chi connectivity index (χ1) is 11.7. The Hall–Kier alpha value is -2.05. The molecule has 1 fully saturated rings. The minimum absolute atomic E-state index is 0.122. The molecule has 2 aliphatic heterocycles. The molecule has 0 bridgehead atoms. The van der Waals surface area contributed by atoms with Crippen LogP contribution in [0.1, 0.15) is 16.6 Å². The van der Waals surface area contributed by atoms with Gasteiger partial charge in [0, 0.05) is 30.6 Å². The average Bonchev–Trinajstić information content (AvgIpc) is 3.11. The Balaban J connectivity index is 1.55. The number of hydrogen-bond donors (Lipinski definition) is 1. The summed E-state index contributed by atoms with van der Waals surface area (Å²) in [5, 5.41) is 3.36. The summed E-state index contributed by atoms with van der Waals surface area (Å²) in [5.41, 5.74) is 1.05. The van der Waals surface area contributed by atoms with Crippen LogP contribution in [0.15, 0.2) is 30.3 Å². The van der Waals surface area contributed by atoms with Gasteiger partial charge in [0.25, 0.3) is 5.91 Å². The predicted molar refractivity (Wildman–Crippen MR) is 94.1 cm³/mol. The Morgan fingerprint density at radius 1 is 1.21 bits per heavy atom. The zero-order valence-electron chi connectivity index (χ0n) is 13.6. The minimum Gasteiger partial charge on any atom is -0.486 e. The average molecular weight is 344 g/mol. The van der Waals surface area contributed by atoms with Crippen molar-refractivity contribution in [2.45, 2.75) is 13.0 Å². The fourth-order valence-electron chi connectivity index (χ4n) is 3.08. The molecule has 5 nitrogen and oxygen atoms in total. The number of nitrogens with one attached hydrogen (secondary N) is 1. The standard InChI is InChI=1S/C18H20N2O3S/c1-12-11-20(7-6-19-12)18(21)17-5-4-16(24-17)13-2-3-14-15(10-13)23-9-8-22-14/h2-5,10,12,19H,6-9,11H2,1H3.